The summed E-state index contributed by atoms with van der Waals surface area (Å²) in [4.78, 5) is 30.5. The van der Waals surface area contributed by atoms with Crippen molar-refractivity contribution in [1.82, 2.24) is 18.7 Å². The van der Waals surface area contributed by atoms with Crippen molar-refractivity contribution in [3.63, 3.8) is 0 Å². The molecule has 3 heterocycles. The van der Waals surface area contributed by atoms with Gasteiger partial charge in [0.05, 0.1) is 18.8 Å². The molecule has 0 saturated carbocycles. The van der Waals surface area contributed by atoms with Gasteiger partial charge < -0.3 is 0 Å². The van der Waals surface area contributed by atoms with E-state index in [1.165, 1.54) is 4.57 Å². The van der Waals surface area contributed by atoms with Crippen LogP contribution in [0.5, 0.6) is 0 Å². The number of hydrogen-bond acceptors (Lipinski definition) is 5. The van der Waals surface area contributed by atoms with Crippen LogP contribution in [-0.2, 0) is 20.1 Å². The van der Waals surface area contributed by atoms with Crippen LogP contribution >= 0.6 is 23.2 Å². The van der Waals surface area contributed by atoms with Crippen LogP contribution in [0.25, 0.3) is 11.2 Å². The Hall–Kier alpha value is -2.58. The number of fused-ring (bicyclic) bond motifs is 3. The van der Waals surface area contributed by atoms with Gasteiger partial charge in [-0.05, 0) is 24.6 Å². The van der Waals surface area contributed by atoms with Crippen LogP contribution in [0.3, 0.4) is 0 Å². The molecule has 1 aliphatic rings. The Bertz CT molecular complexity index is 1240. The number of halogens is 2. The monoisotopic (exact) mass is 406 g/mol. The Balaban J connectivity index is 1.97. The molecule has 2 aromatic heterocycles. The molecule has 0 N–H and O–H groups in total. The second-order valence-corrected chi connectivity index (χ2v) is 7.34. The lowest BCUT2D eigenvalue weighted by molar-refractivity contribution is 0.654. The third kappa shape index (κ3) is 2.76. The Morgan fingerprint density at radius 3 is 2.63 bits per heavy atom. The standard InChI is InChI=1S/C17H16Cl2N6O2/c1-9-7-24-13-14(20-16(24)23(3)21-9)22(2)17(27)25(15(13)26)8-10-4-5-11(18)6-12(10)19/h4-6H,7-8H2,1-3H3. The number of hydrogen-bond donors (Lipinski definition) is 0. The Kier molecular flexibility index (Phi) is 4.12. The molecule has 0 saturated heterocycles. The SMILES string of the molecule is CC1=NN(C)c2nc3c(c(=O)n(Cc4ccc(Cl)cc4Cl)c(=O)n3C)n2C1. The maximum absolute atomic E-state index is 13.2. The number of aryl methyl sites for hydroxylation is 1. The molecule has 27 heavy (non-hydrogen) atoms. The zero-order chi connectivity index (χ0) is 19.5. The number of hydrazone groups is 1. The fourth-order valence-corrected chi connectivity index (χ4v) is 3.75. The average molecular weight is 407 g/mol. The summed E-state index contributed by atoms with van der Waals surface area (Å²) in [5.41, 5.74) is 1.28. The van der Waals surface area contributed by atoms with Crippen molar-refractivity contribution in [2.45, 2.75) is 20.0 Å². The van der Waals surface area contributed by atoms with Gasteiger partial charge in [-0.2, -0.15) is 10.1 Å². The molecule has 0 bridgehead atoms. The summed E-state index contributed by atoms with van der Waals surface area (Å²) in [6, 6.07) is 4.96. The van der Waals surface area contributed by atoms with Crippen LogP contribution in [-0.4, -0.2) is 31.4 Å². The van der Waals surface area contributed by atoms with Gasteiger partial charge in [0.15, 0.2) is 11.2 Å². The van der Waals surface area contributed by atoms with Crippen LogP contribution in [0.2, 0.25) is 10.0 Å². The van der Waals surface area contributed by atoms with Crippen molar-refractivity contribution in [2.24, 2.45) is 12.1 Å². The van der Waals surface area contributed by atoms with Crippen molar-refractivity contribution in [2.75, 3.05) is 12.1 Å². The maximum Gasteiger partial charge on any atom is 0.332 e. The zero-order valence-corrected chi connectivity index (χ0v) is 16.4. The van der Waals surface area contributed by atoms with E-state index >= 15 is 0 Å². The molecule has 0 aliphatic carbocycles. The van der Waals surface area contributed by atoms with Gasteiger partial charge in [0, 0.05) is 24.1 Å². The number of rotatable bonds is 2. The normalized spacial score (nSPS) is 13.8. The summed E-state index contributed by atoms with van der Waals surface area (Å²) in [6.45, 7) is 2.35. The fourth-order valence-electron chi connectivity index (χ4n) is 3.28. The van der Waals surface area contributed by atoms with Crippen LogP contribution in [0.4, 0.5) is 5.95 Å². The molecule has 0 amide bonds. The highest BCUT2D eigenvalue weighted by molar-refractivity contribution is 6.35. The van der Waals surface area contributed by atoms with Gasteiger partial charge in [0.25, 0.3) is 5.56 Å². The molecule has 0 unspecified atom stereocenters. The van der Waals surface area contributed by atoms with Gasteiger partial charge in [0.2, 0.25) is 5.95 Å². The molecule has 10 heteroatoms. The van der Waals surface area contributed by atoms with E-state index in [2.05, 4.69) is 10.1 Å². The topological polar surface area (TPSA) is 77.4 Å². The summed E-state index contributed by atoms with van der Waals surface area (Å²) < 4.78 is 4.31. The summed E-state index contributed by atoms with van der Waals surface area (Å²) in [5, 5.41) is 6.84. The van der Waals surface area contributed by atoms with Crippen molar-refractivity contribution >= 4 is 46.0 Å². The Morgan fingerprint density at radius 1 is 1.19 bits per heavy atom. The Labute approximate surface area is 163 Å². The molecule has 0 spiro atoms. The van der Waals surface area contributed by atoms with Gasteiger partial charge in [0.1, 0.15) is 0 Å². The molecule has 1 aliphatic heterocycles. The highest BCUT2D eigenvalue weighted by atomic mass is 35.5. The second kappa shape index (κ2) is 6.24. The van der Waals surface area contributed by atoms with Crippen LogP contribution in [0.15, 0.2) is 32.9 Å². The Morgan fingerprint density at radius 2 is 1.93 bits per heavy atom. The van der Waals surface area contributed by atoms with Crippen molar-refractivity contribution in [3.05, 3.63) is 54.6 Å². The van der Waals surface area contributed by atoms with Crippen LogP contribution < -0.4 is 16.3 Å². The third-order valence-corrected chi connectivity index (χ3v) is 5.14. The largest absolute Gasteiger partial charge is 0.332 e. The molecule has 4 rings (SSSR count). The molecular weight excluding hydrogens is 391 g/mol. The quantitative estimate of drug-likeness (QED) is 0.652. The summed E-state index contributed by atoms with van der Waals surface area (Å²) in [7, 11) is 3.35. The lowest BCUT2D eigenvalue weighted by Crippen LogP contribution is -2.40. The fraction of sp³-hybridized carbons (Fsp3) is 0.294. The van der Waals surface area contributed by atoms with E-state index in [-0.39, 0.29) is 6.54 Å². The number of nitrogens with zero attached hydrogens (tertiary/aromatic N) is 6. The van der Waals surface area contributed by atoms with E-state index in [9.17, 15) is 9.59 Å². The molecule has 1 aromatic carbocycles. The summed E-state index contributed by atoms with van der Waals surface area (Å²) >= 11 is 12.2. The molecule has 3 aromatic rings. The highest BCUT2D eigenvalue weighted by Gasteiger charge is 2.25. The van der Waals surface area contributed by atoms with Crippen LogP contribution in [0.1, 0.15) is 12.5 Å². The first-order valence-corrected chi connectivity index (χ1v) is 8.95. The van der Waals surface area contributed by atoms with E-state index in [4.69, 9.17) is 23.2 Å². The first-order valence-electron chi connectivity index (χ1n) is 8.19. The van der Waals surface area contributed by atoms with Gasteiger partial charge in [-0.15, -0.1) is 0 Å². The minimum atomic E-state index is -0.464. The molecule has 0 fully saturated rings. The molecule has 8 nitrogen and oxygen atoms in total. The van der Waals surface area contributed by atoms with E-state index in [0.29, 0.717) is 39.3 Å². The number of anilines is 1. The van der Waals surface area contributed by atoms with E-state index in [0.717, 1.165) is 10.3 Å². The van der Waals surface area contributed by atoms with Gasteiger partial charge in [-0.3, -0.25) is 18.5 Å². The molecular formula is C17H16Cl2N6O2. The predicted octanol–water partition coefficient (Wildman–Crippen LogP) is 2.08. The van der Waals surface area contributed by atoms with Crippen molar-refractivity contribution in [3.8, 4) is 0 Å². The predicted molar refractivity (Wildman–Crippen MR) is 106 cm³/mol. The van der Waals surface area contributed by atoms with Crippen molar-refractivity contribution < 1.29 is 0 Å². The minimum absolute atomic E-state index is 0.0425. The van der Waals surface area contributed by atoms with Gasteiger partial charge >= 0.3 is 5.69 Å². The number of benzene rings is 1. The summed E-state index contributed by atoms with van der Waals surface area (Å²) in [6.07, 6.45) is 0. The highest BCUT2D eigenvalue weighted by Crippen LogP contribution is 2.23. The average Bonchev–Trinajstić information content (AvgIpc) is 2.98. The lowest BCUT2D eigenvalue weighted by atomic mass is 10.2. The van der Waals surface area contributed by atoms with E-state index in [1.807, 2.05) is 6.92 Å². The molecule has 140 valence electrons. The zero-order valence-electron chi connectivity index (χ0n) is 14.9. The minimum Gasteiger partial charge on any atom is -0.297 e. The number of imidazole rings is 1. The lowest BCUT2D eigenvalue weighted by Gasteiger charge is -2.20. The maximum atomic E-state index is 13.2. The molecule has 0 radical (unpaired) electrons. The van der Waals surface area contributed by atoms with Gasteiger partial charge in [-0.25, -0.2) is 9.80 Å². The third-order valence-electron chi connectivity index (χ3n) is 4.55. The van der Waals surface area contributed by atoms with Gasteiger partial charge in [-0.1, -0.05) is 29.3 Å². The molecule has 0 atom stereocenters. The van der Waals surface area contributed by atoms with E-state index in [1.54, 1.807) is 41.9 Å². The van der Waals surface area contributed by atoms with Crippen LogP contribution in [0, 0.1) is 0 Å². The number of aromatic nitrogens is 4. The first kappa shape index (κ1) is 17.8. The smallest absolute Gasteiger partial charge is 0.297 e. The first-order chi connectivity index (χ1) is 12.8. The second-order valence-electron chi connectivity index (χ2n) is 6.50. The van der Waals surface area contributed by atoms with E-state index < -0.39 is 11.2 Å². The summed E-state index contributed by atoms with van der Waals surface area (Å²) in [5.74, 6) is 0.518. The van der Waals surface area contributed by atoms with Crippen molar-refractivity contribution in [1.29, 1.82) is 0 Å².